The van der Waals surface area contributed by atoms with Gasteiger partial charge in [0.15, 0.2) is 5.11 Å². The lowest BCUT2D eigenvalue weighted by atomic mass is 10.2. The van der Waals surface area contributed by atoms with Gasteiger partial charge in [-0.3, -0.25) is 0 Å². The van der Waals surface area contributed by atoms with Crippen molar-refractivity contribution in [2.24, 2.45) is 0 Å². The van der Waals surface area contributed by atoms with Crippen LogP contribution in [0, 0.1) is 0 Å². The third kappa shape index (κ3) is 7.10. The van der Waals surface area contributed by atoms with Gasteiger partial charge in [0.1, 0.15) is 0 Å². The topological polar surface area (TPSA) is 36.3 Å². The summed E-state index contributed by atoms with van der Waals surface area (Å²) >= 11 is 11.7. The minimum atomic E-state index is -4.47. The third-order valence-electron chi connectivity index (χ3n) is 5.05. The van der Waals surface area contributed by atoms with Crippen LogP contribution >= 0.6 is 23.8 Å². The van der Waals surface area contributed by atoms with Crippen molar-refractivity contribution in [2.75, 3.05) is 30.9 Å². The number of halogens is 4. The van der Waals surface area contributed by atoms with Crippen LogP contribution in [0.4, 0.5) is 24.5 Å². The first kappa shape index (κ1) is 24.9. The summed E-state index contributed by atoms with van der Waals surface area (Å²) in [5, 5.41) is 3.38. The normalized spacial score (nSPS) is 11.3. The fourth-order valence-electron chi connectivity index (χ4n) is 3.23. The maximum absolute atomic E-state index is 13.1. The van der Waals surface area contributed by atoms with Crippen LogP contribution in [0.3, 0.4) is 0 Å². The van der Waals surface area contributed by atoms with Crippen molar-refractivity contribution in [3.8, 4) is 0 Å². The molecule has 0 aliphatic carbocycles. The Morgan fingerprint density at radius 3 is 2.48 bits per heavy atom. The van der Waals surface area contributed by atoms with E-state index in [2.05, 4.69) is 10.3 Å². The fourth-order valence-corrected chi connectivity index (χ4v) is 3.66. The predicted octanol–water partition coefficient (Wildman–Crippen LogP) is 5.91. The maximum atomic E-state index is 13.1. The molecule has 33 heavy (non-hydrogen) atoms. The molecule has 3 aromatic rings. The number of rotatable bonds is 8. The molecule has 0 spiro atoms. The highest BCUT2D eigenvalue weighted by atomic mass is 35.5. The van der Waals surface area contributed by atoms with Gasteiger partial charge in [-0.25, -0.2) is 4.98 Å². The van der Waals surface area contributed by atoms with Crippen LogP contribution in [-0.2, 0) is 19.3 Å². The zero-order chi connectivity index (χ0) is 24.0. The number of alkyl halides is 3. The molecule has 1 aromatic heterocycles. The molecule has 0 aliphatic heterocycles. The largest absolute Gasteiger partial charge is 0.416 e. The first-order valence-electron chi connectivity index (χ1n) is 10.3. The maximum Gasteiger partial charge on any atom is 0.416 e. The van der Waals surface area contributed by atoms with Gasteiger partial charge < -0.3 is 19.7 Å². The zero-order valence-corrected chi connectivity index (χ0v) is 19.9. The minimum absolute atomic E-state index is 0.124. The van der Waals surface area contributed by atoms with Gasteiger partial charge >= 0.3 is 6.18 Å². The van der Waals surface area contributed by atoms with Gasteiger partial charge in [-0.05, 0) is 54.5 Å². The Balaban J connectivity index is 1.76. The second-order valence-corrected chi connectivity index (χ2v) is 8.55. The molecule has 2 aromatic carbocycles. The molecule has 0 bridgehead atoms. The van der Waals surface area contributed by atoms with Crippen molar-refractivity contribution < 1.29 is 13.2 Å². The summed E-state index contributed by atoms with van der Waals surface area (Å²) in [5.74, 6) is 0. The Kier molecular flexibility index (Phi) is 8.20. The summed E-state index contributed by atoms with van der Waals surface area (Å²) in [4.78, 5) is 7.97. The van der Waals surface area contributed by atoms with Crippen molar-refractivity contribution in [3.05, 3.63) is 77.3 Å². The lowest BCUT2D eigenvalue weighted by Crippen LogP contribution is -2.35. The number of hydrogen-bond acceptors (Lipinski definition) is 3. The molecule has 3 rings (SSSR count). The predicted molar refractivity (Wildman–Crippen MR) is 131 cm³/mol. The van der Waals surface area contributed by atoms with E-state index in [1.807, 2.05) is 58.9 Å². The zero-order valence-electron chi connectivity index (χ0n) is 18.3. The standard InChI is InChI=1S/C23H25ClF3N5S/c1-30(2)19-7-4-17(5-8-19)15-32(12-3-11-31-13-10-28-16-31)22(33)29-21-14-18(23(25,26)27)6-9-20(21)24/h4-10,13-14,16H,3,11-12,15H2,1-2H3,(H,29,33). The first-order chi connectivity index (χ1) is 15.6. The number of anilines is 2. The van der Waals surface area contributed by atoms with Crippen LogP contribution in [0.25, 0.3) is 0 Å². The Bertz CT molecular complexity index is 1050. The summed E-state index contributed by atoms with van der Waals surface area (Å²) in [5.41, 5.74) is 1.44. The number of imidazole rings is 1. The summed E-state index contributed by atoms with van der Waals surface area (Å²) in [7, 11) is 3.94. The minimum Gasteiger partial charge on any atom is -0.378 e. The second-order valence-electron chi connectivity index (χ2n) is 7.76. The molecule has 0 radical (unpaired) electrons. The molecule has 0 unspecified atom stereocenters. The van der Waals surface area contributed by atoms with Crippen LogP contribution in [0.1, 0.15) is 17.5 Å². The average molecular weight is 496 g/mol. The lowest BCUT2D eigenvalue weighted by Gasteiger charge is -2.27. The van der Waals surface area contributed by atoms with Gasteiger partial charge in [0.25, 0.3) is 0 Å². The molecule has 10 heteroatoms. The Hall–Kier alpha value is -2.78. The van der Waals surface area contributed by atoms with Crippen molar-refractivity contribution in [1.82, 2.24) is 14.5 Å². The van der Waals surface area contributed by atoms with Crippen LogP contribution in [0.5, 0.6) is 0 Å². The third-order valence-corrected chi connectivity index (χ3v) is 5.74. The van der Waals surface area contributed by atoms with E-state index in [0.29, 0.717) is 18.2 Å². The second kappa shape index (κ2) is 10.9. The van der Waals surface area contributed by atoms with E-state index in [4.69, 9.17) is 23.8 Å². The van der Waals surface area contributed by atoms with E-state index < -0.39 is 11.7 Å². The van der Waals surface area contributed by atoms with Gasteiger partial charge in [-0.15, -0.1) is 0 Å². The number of aryl methyl sites for hydroxylation is 1. The van der Waals surface area contributed by atoms with Crippen LogP contribution in [0.15, 0.2) is 61.2 Å². The van der Waals surface area contributed by atoms with Gasteiger partial charge in [0, 0.05) is 51.8 Å². The fraction of sp³-hybridized carbons (Fsp3) is 0.304. The molecule has 0 fully saturated rings. The van der Waals surface area contributed by atoms with Gasteiger partial charge in [0.05, 0.1) is 22.6 Å². The van der Waals surface area contributed by atoms with Crippen molar-refractivity contribution in [3.63, 3.8) is 0 Å². The quantitative estimate of drug-likeness (QED) is 0.393. The lowest BCUT2D eigenvalue weighted by molar-refractivity contribution is -0.137. The number of benzene rings is 2. The van der Waals surface area contributed by atoms with Crippen molar-refractivity contribution in [2.45, 2.75) is 25.7 Å². The van der Waals surface area contributed by atoms with E-state index in [1.54, 1.807) is 12.5 Å². The Morgan fingerprint density at radius 1 is 1.15 bits per heavy atom. The van der Waals surface area contributed by atoms with Crippen molar-refractivity contribution >= 4 is 40.3 Å². The Morgan fingerprint density at radius 2 is 1.88 bits per heavy atom. The summed E-state index contributed by atoms with van der Waals surface area (Å²) in [6.45, 7) is 1.83. The summed E-state index contributed by atoms with van der Waals surface area (Å²) in [6.07, 6.45) is 1.63. The van der Waals surface area contributed by atoms with E-state index in [1.165, 1.54) is 6.07 Å². The number of nitrogens with one attached hydrogen (secondary N) is 1. The van der Waals surface area contributed by atoms with Crippen LogP contribution < -0.4 is 10.2 Å². The van der Waals surface area contributed by atoms with Gasteiger partial charge in [0.2, 0.25) is 0 Å². The highest BCUT2D eigenvalue weighted by molar-refractivity contribution is 7.80. The molecule has 1 heterocycles. The highest BCUT2D eigenvalue weighted by Crippen LogP contribution is 2.34. The first-order valence-corrected chi connectivity index (χ1v) is 11.1. The van der Waals surface area contributed by atoms with Gasteiger partial charge in [-0.2, -0.15) is 13.2 Å². The number of thiocarbonyl (C=S) groups is 1. The van der Waals surface area contributed by atoms with E-state index in [-0.39, 0.29) is 10.7 Å². The smallest absolute Gasteiger partial charge is 0.378 e. The van der Waals surface area contributed by atoms with E-state index >= 15 is 0 Å². The molecular formula is C23H25ClF3N5S. The number of nitrogens with zero attached hydrogens (tertiary/aromatic N) is 4. The van der Waals surface area contributed by atoms with Gasteiger partial charge in [-0.1, -0.05) is 23.7 Å². The molecule has 176 valence electrons. The highest BCUT2D eigenvalue weighted by Gasteiger charge is 2.31. The Labute approximate surface area is 201 Å². The molecule has 1 N–H and O–H groups in total. The van der Waals surface area contributed by atoms with Crippen LogP contribution in [-0.4, -0.2) is 40.2 Å². The average Bonchev–Trinajstić information content (AvgIpc) is 3.27. The van der Waals surface area contributed by atoms with E-state index in [0.717, 1.165) is 36.3 Å². The molecule has 0 saturated carbocycles. The molecule has 0 aliphatic rings. The molecule has 0 amide bonds. The van der Waals surface area contributed by atoms with Crippen LogP contribution in [0.2, 0.25) is 5.02 Å². The SMILES string of the molecule is CN(C)c1ccc(CN(CCCn2ccnc2)C(=S)Nc2cc(C(F)(F)F)ccc2Cl)cc1. The van der Waals surface area contributed by atoms with Crippen molar-refractivity contribution in [1.29, 1.82) is 0 Å². The molecule has 5 nitrogen and oxygen atoms in total. The number of aromatic nitrogens is 2. The molecule has 0 atom stereocenters. The molecule has 0 saturated heterocycles. The summed E-state index contributed by atoms with van der Waals surface area (Å²) in [6, 6.07) is 11.2. The molecular weight excluding hydrogens is 471 g/mol. The van der Waals surface area contributed by atoms with E-state index in [9.17, 15) is 13.2 Å². The monoisotopic (exact) mass is 495 g/mol. The summed E-state index contributed by atoms with van der Waals surface area (Å²) < 4.78 is 41.4. The number of hydrogen-bond donors (Lipinski definition) is 1.